The Bertz CT molecular complexity index is 208. The van der Waals surface area contributed by atoms with Crippen LogP contribution in [0.3, 0.4) is 0 Å². The molecule has 0 aromatic carbocycles. The maximum atomic E-state index is 10.4. The quantitative estimate of drug-likeness (QED) is 0.281. The fourth-order valence-electron chi connectivity index (χ4n) is 0.328. The Morgan fingerprint density at radius 1 is 1.50 bits per heavy atom. The van der Waals surface area contributed by atoms with E-state index in [-0.39, 0.29) is 10.7 Å². The fourth-order valence-corrected chi connectivity index (χ4v) is 0.684. The monoisotopic (exact) mass is 177 g/mol. The number of rotatable bonds is 3. The van der Waals surface area contributed by atoms with E-state index in [1.54, 1.807) is 0 Å². The second-order valence-corrected chi connectivity index (χ2v) is 2.08. The minimum atomic E-state index is -0.736. The zero-order valence-electron chi connectivity index (χ0n) is 5.10. The van der Waals surface area contributed by atoms with Crippen LogP contribution in [0.5, 0.6) is 0 Å². The van der Waals surface area contributed by atoms with Gasteiger partial charge in [-0.25, -0.2) is 0 Å². The number of allylic oxidation sites excluding steroid dienone is 3. The summed E-state index contributed by atoms with van der Waals surface area (Å²) in [4.78, 5) is 13.7. The molecule has 0 aliphatic carbocycles. The van der Waals surface area contributed by atoms with Crippen molar-refractivity contribution in [3.8, 4) is 0 Å². The number of hydrogen-bond donors (Lipinski definition) is 0. The van der Waals surface area contributed by atoms with Crippen LogP contribution in [0.15, 0.2) is 28.4 Å². The van der Waals surface area contributed by atoms with Crippen molar-refractivity contribution in [2.45, 2.75) is 0 Å². The van der Waals surface area contributed by atoms with Crippen molar-refractivity contribution in [3.05, 3.63) is 23.4 Å². The molecular weight excluding hydrogens is 173 g/mol. The molecule has 0 spiro atoms. The topological polar surface area (TPSA) is 29.4 Å². The molecule has 0 aromatic heterocycles. The molecule has 10 heavy (non-hydrogen) atoms. The first-order valence-electron chi connectivity index (χ1n) is 2.32. The molecule has 0 unspecified atom stereocenters. The van der Waals surface area contributed by atoms with Gasteiger partial charge >= 0.3 is 0 Å². The Balaban J connectivity index is 4.79. The number of halogens is 2. The van der Waals surface area contributed by atoms with Crippen molar-refractivity contribution in [2.24, 2.45) is 4.99 Å². The average Bonchev–Trinajstić information content (AvgIpc) is 1.88. The van der Waals surface area contributed by atoms with Crippen LogP contribution >= 0.6 is 23.2 Å². The lowest BCUT2D eigenvalue weighted by atomic mass is 10.4. The van der Waals surface area contributed by atoms with Crippen molar-refractivity contribution in [2.75, 3.05) is 0 Å². The molecule has 4 heteroatoms. The smallest absolute Gasteiger partial charge is 0.272 e. The molecule has 0 rings (SSSR count). The molecular formula is C6H5Cl2NO. The molecule has 0 N–H and O–H groups in total. The highest BCUT2D eigenvalue weighted by molar-refractivity contribution is 6.68. The summed E-state index contributed by atoms with van der Waals surface area (Å²) in [6, 6.07) is 0. The Kier molecular flexibility index (Phi) is 4.00. The number of carbonyl (C=O) groups is 1. The molecule has 0 amide bonds. The molecule has 0 saturated carbocycles. The highest BCUT2D eigenvalue weighted by atomic mass is 35.5. The molecule has 0 aliphatic rings. The van der Waals surface area contributed by atoms with Crippen molar-refractivity contribution in [1.82, 2.24) is 0 Å². The van der Waals surface area contributed by atoms with E-state index in [2.05, 4.69) is 18.3 Å². The van der Waals surface area contributed by atoms with Crippen LogP contribution in [0.4, 0.5) is 0 Å². The summed E-state index contributed by atoms with van der Waals surface area (Å²) in [7, 11) is 0. The standard InChI is InChI=1S/C6H5Cl2NO/c1-3-4(7)5(9-2)6(8)10/h3H,1-2H2/b5-4+. The van der Waals surface area contributed by atoms with Crippen LogP contribution in [0, 0.1) is 0 Å². The third kappa shape index (κ3) is 2.33. The molecule has 0 fully saturated rings. The van der Waals surface area contributed by atoms with Gasteiger partial charge in [0, 0.05) is 0 Å². The molecule has 0 bridgehead atoms. The van der Waals surface area contributed by atoms with Gasteiger partial charge in [0.1, 0.15) is 5.70 Å². The Morgan fingerprint density at radius 3 is 2.10 bits per heavy atom. The molecule has 0 radical (unpaired) electrons. The normalized spacial score (nSPS) is 11.8. The summed E-state index contributed by atoms with van der Waals surface area (Å²) in [5, 5.41) is -0.630. The van der Waals surface area contributed by atoms with Crippen LogP contribution < -0.4 is 0 Å². The van der Waals surface area contributed by atoms with Gasteiger partial charge in [0.2, 0.25) is 0 Å². The lowest BCUT2D eigenvalue weighted by molar-refractivity contribution is -0.108. The van der Waals surface area contributed by atoms with Gasteiger partial charge in [0.25, 0.3) is 5.24 Å². The Morgan fingerprint density at radius 2 is 2.00 bits per heavy atom. The third-order valence-corrected chi connectivity index (χ3v) is 1.26. The molecule has 0 saturated heterocycles. The van der Waals surface area contributed by atoms with E-state index in [0.29, 0.717) is 0 Å². The van der Waals surface area contributed by atoms with Crippen LogP contribution in [0.25, 0.3) is 0 Å². The highest BCUT2D eigenvalue weighted by Crippen LogP contribution is 2.13. The predicted octanol–water partition coefficient (Wildman–Crippen LogP) is 2.09. The zero-order chi connectivity index (χ0) is 8.15. The van der Waals surface area contributed by atoms with Gasteiger partial charge in [0.15, 0.2) is 0 Å². The molecule has 0 aromatic rings. The van der Waals surface area contributed by atoms with E-state index < -0.39 is 5.24 Å². The van der Waals surface area contributed by atoms with E-state index in [1.807, 2.05) is 0 Å². The molecule has 2 nitrogen and oxygen atoms in total. The van der Waals surface area contributed by atoms with Gasteiger partial charge in [-0.2, -0.15) is 0 Å². The summed E-state index contributed by atoms with van der Waals surface area (Å²) in [5.74, 6) is 0. The van der Waals surface area contributed by atoms with Gasteiger partial charge in [0.05, 0.1) is 5.03 Å². The predicted molar refractivity (Wildman–Crippen MR) is 43.5 cm³/mol. The van der Waals surface area contributed by atoms with Gasteiger partial charge in [-0.15, -0.1) is 0 Å². The summed E-state index contributed by atoms with van der Waals surface area (Å²) >= 11 is 10.5. The van der Waals surface area contributed by atoms with Crippen LogP contribution in [0.1, 0.15) is 0 Å². The summed E-state index contributed by atoms with van der Waals surface area (Å²) in [6.07, 6.45) is 1.27. The van der Waals surface area contributed by atoms with E-state index in [4.69, 9.17) is 23.2 Å². The second kappa shape index (κ2) is 4.25. The summed E-state index contributed by atoms with van der Waals surface area (Å²) in [5.41, 5.74) is -0.0710. The molecule has 0 atom stereocenters. The summed E-state index contributed by atoms with van der Waals surface area (Å²) < 4.78 is 0. The first-order chi connectivity index (χ1) is 4.63. The average molecular weight is 178 g/mol. The second-order valence-electron chi connectivity index (χ2n) is 1.33. The van der Waals surface area contributed by atoms with Crippen LogP contribution in [-0.2, 0) is 4.79 Å². The summed E-state index contributed by atoms with van der Waals surface area (Å²) in [6.45, 7) is 6.43. The van der Waals surface area contributed by atoms with Gasteiger partial charge in [-0.1, -0.05) is 18.2 Å². The van der Waals surface area contributed by atoms with Crippen molar-refractivity contribution < 1.29 is 4.79 Å². The molecule has 54 valence electrons. The van der Waals surface area contributed by atoms with E-state index >= 15 is 0 Å². The maximum absolute atomic E-state index is 10.4. The zero-order valence-corrected chi connectivity index (χ0v) is 6.61. The Hall–Kier alpha value is -0.600. The van der Waals surface area contributed by atoms with Gasteiger partial charge in [-0.3, -0.25) is 9.79 Å². The Labute approximate surface area is 68.8 Å². The lowest BCUT2D eigenvalue weighted by Gasteiger charge is -1.92. The maximum Gasteiger partial charge on any atom is 0.272 e. The highest BCUT2D eigenvalue weighted by Gasteiger charge is 2.06. The fraction of sp³-hybridized carbons (Fsp3) is 0. The van der Waals surface area contributed by atoms with Crippen molar-refractivity contribution in [3.63, 3.8) is 0 Å². The first kappa shape index (κ1) is 9.40. The first-order valence-corrected chi connectivity index (χ1v) is 3.07. The third-order valence-electron chi connectivity index (χ3n) is 0.750. The number of aliphatic imine (C=N–C) groups is 1. The minimum Gasteiger partial charge on any atom is -0.274 e. The largest absolute Gasteiger partial charge is 0.274 e. The van der Waals surface area contributed by atoms with E-state index in [1.165, 1.54) is 6.08 Å². The van der Waals surface area contributed by atoms with Gasteiger partial charge in [-0.05, 0) is 24.4 Å². The number of nitrogens with zero attached hydrogens (tertiary/aromatic N) is 1. The van der Waals surface area contributed by atoms with Crippen LogP contribution in [-0.4, -0.2) is 12.0 Å². The van der Waals surface area contributed by atoms with Crippen molar-refractivity contribution in [1.29, 1.82) is 0 Å². The number of carbonyl (C=O) groups excluding carboxylic acids is 1. The van der Waals surface area contributed by atoms with Crippen LogP contribution in [0.2, 0.25) is 0 Å². The minimum absolute atomic E-state index is 0.0710. The molecule has 0 heterocycles. The van der Waals surface area contributed by atoms with Crippen molar-refractivity contribution >= 4 is 35.2 Å². The van der Waals surface area contributed by atoms with Gasteiger partial charge < -0.3 is 0 Å². The molecule has 0 aliphatic heterocycles. The number of hydrogen-bond acceptors (Lipinski definition) is 2. The van der Waals surface area contributed by atoms with E-state index in [0.717, 1.165) is 0 Å². The lowest BCUT2D eigenvalue weighted by Crippen LogP contribution is -1.90. The SMILES string of the molecule is C=C/C(Cl)=C(\N=C)C(=O)Cl. The van der Waals surface area contributed by atoms with E-state index in [9.17, 15) is 4.79 Å².